The lowest BCUT2D eigenvalue weighted by Gasteiger charge is -2.25. The second-order valence-corrected chi connectivity index (χ2v) is 4.32. The largest absolute Gasteiger partial charge is 0.468 e. The summed E-state index contributed by atoms with van der Waals surface area (Å²) in [6, 6.07) is 0. The van der Waals surface area contributed by atoms with Gasteiger partial charge in [0, 0.05) is 0 Å². The van der Waals surface area contributed by atoms with E-state index in [2.05, 4.69) is 11.9 Å². The molecule has 0 spiro atoms. The molecule has 0 rings (SSSR count). The minimum Gasteiger partial charge on any atom is -0.468 e. The van der Waals surface area contributed by atoms with Crippen molar-refractivity contribution < 1.29 is 9.53 Å². The van der Waals surface area contributed by atoms with Gasteiger partial charge in [-0.2, -0.15) is 0 Å². The average molecular weight is 227 g/mol. The van der Waals surface area contributed by atoms with E-state index in [9.17, 15) is 4.79 Å². The van der Waals surface area contributed by atoms with Crippen molar-refractivity contribution in [1.29, 1.82) is 0 Å². The Morgan fingerprint density at radius 1 is 1.38 bits per heavy atom. The van der Waals surface area contributed by atoms with E-state index in [0.717, 1.165) is 25.7 Å². The Bertz CT molecular complexity index is 216. The normalized spacial score (nSPS) is 14.2. The minimum absolute atomic E-state index is 0.180. The lowest BCUT2D eigenvalue weighted by Crippen LogP contribution is -2.48. The van der Waals surface area contributed by atoms with Crippen LogP contribution in [0.2, 0.25) is 0 Å². The highest BCUT2D eigenvalue weighted by Crippen LogP contribution is 2.16. The van der Waals surface area contributed by atoms with Gasteiger partial charge in [-0.05, 0) is 33.2 Å². The van der Waals surface area contributed by atoms with E-state index in [4.69, 9.17) is 4.74 Å². The lowest BCUT2D eigenvalue weighted by atomic mass is 9.94. The molecule has 0 saturated heterocycles. The predicted molar refractivity (Wildman–Crippen MR) is 67.4 cm³/mol. The Balaban J connectivity index is 3.78. The fourth-order valence-electron chi connectivity index (χ4n) is 1.68. The summed E-state index contributed by atoms with van der Waals surface area (Å²) in [6.45, 7) is 5.59. The number of methoxy groups -OCH3 is 1. The first-order valence-electron chi connectivity index (χ1n) is 5.99. The van der Waals surface area contributed by atoms with Gasteiger partial charge < -0.3 is 10.1 Å². The molecule has 0 fully saturated rings. The molecule has 0 heterocycles. The summed E-state index contributed by atoms with van der Waals surface area (Å²) in [5.74, 6) is -0.180. The summed E-state index contributed by atoms with van der Waals surface area (Å²) in [4.78, 5) is 11.5. The van der Waals surface area contributed by atoms with Gasteiger partial charge in [-0.25, -0.2) is 0 Å². The van der Waals surface area contributed by atoms with Gasteiger partial charge >= 0.3 is 5.97 Å². The molecular weight excluding hydrogens is 202 g/mol. The van der Waals surface area contributed by atoms with E-state index in [-0.39, 0.29) is 5.97 Å². The zero-order chi connectivity index (χ0) is 12.4. The van der Waals surface area contributed by atoms with Crippen LogP contribution in [0, 0.1) is 0 Å². The number of hydrogen-bond acceptors (Lipinski definition) is 3. The molecule has 0 aliphatic carbocycles. The van der Waals surface area contributed by atoms with Crippen LogP contribution in [0.25, 0.3) is 0 Å². The topological polar surface area (TPSA) is 38.3 Å². The van der Waals surface area contributed by atoms with Gasteiger partial charge in [-0.15, -0.1) is 6.58 Å². The predicted octanol–water partition coefficient (Wildman–Crippen LogP) is 2.66. The van der Waals surface area contributed by atoms with Crippen LogP contribution in [0.5, 0.6) is 0 Å². The molecule has 0 bridgehead atoms. The minimum atomic E-state index is -0.535. The molecule has 0 radical (unpaired) electrons. The quantitative estimate of drug-likeness (QED) is 0.374. The Morgan fingerprint density at radius 3 is 2.50 bits per heavy atom. The third-order valence-electron chi connectivity index (χ3n) is 3.02. The Hall–Kier alpha value is -0.830. The molecule has 0 saturated carbocycles. The molecule has 0 aromatic rings. The van der Waals surface area contributed by atoms with Gasteiger partial charge in [0.15, 0.2) is 0 Å². The average Bonchev–Trinajstić information content (AvgIpc) is 2.32. The number of rotatable bonds is 9. The van der Waals surface area contributed by atoms with Crippen LogP contribution in [0.1, 0.15) is 45.4 Å². The number of nitrogens with one attached hydrogen (secondary N) is 1. The van der Waals surface area contributed by atoms with Crippen molar-refractivity contribution >= 4 is 5.97 Å². The van der Waals surface area contributed by atoms with Crippen molar-refractivity contribution in [2.24, 2.45) is 0 Å². The van der Waals surface area contributed by atoms with Crippen molar-refractivity contribution in [2.75, 3.05) is 14.2 Å². The fourth-order valence-corrected chi connectivity index (χ4v) is 1.68. The van der Waals surface area contributed by atoms with Gasteiger partial charge in [0.05, 0.1) is 7.11 Å². The number of ether oxygens (including phenoxy) is 1. The molecule has 0 aromatic heterocycles. The molecule has 3 nitrogen and oxygen atoms in total. The van der Waals surface area contributed by atoms with Gasteiger partial charge in [0.25, 0.3) is 0 Å². The molecule has 1 atom stereocenters. The second-order valence-electron chi connectivity index (χ2n) is 4.32. The van der Waals surface area contributed by atoms with Crippen LogP contribution in [0.15, 0.2) is 12.7 Å². The van der Waals surface area contributed by atoms with Gasteiger partial charge in [0.1, 0.15) is 5.54 Å². The Kier molecular flexibility index (Phi) is 7.90. The summed E-state index contributed by atoms with van der Waals surface area (Å²) >= 11 is 0. The zero-order valence-corrected chi connectivity index (χ0v) is 10.8. The summed E-state index contributed by atoms with van der Waals surface area (Å²) in [5, 5.41) is 3.04. The van der Waals surface area contributed by atoms with Crippen LogP contribution in [0.4, 0.5) is 0 Å². The maximum Gasteiger partial charge on any atom is 0.325 e. The van der Waals surface area contributed by atoms with Crippen LogP contribution in [-0.2, 0) is 9.53 Å². The van der Waals surface area contributed by atoms with E-state index in [1.807, 2.05) is 13.0 Å². The molecule has 3 heteroatoms. The Morgan fingerprint density at radius 2 is 2.00 bits per heavy atom. The first-order chi connectivity index (χ1) is 7.60. The summed E-state index contributed by atoms with van der Waals surface area (Å²) in [5.41, 5.74) is -0.535. The number of likely N-dealkylation sites (N-methyl/N-ethyl adjacent to an activating group) is 1. The number of esters is 1. The van der Waals surface area contributed by atoms with Gasteiger partial charge in [-0.3, -0.25) is 4.79 Å². The van der Waals surface area contributed by atoms with Crippen molar-refractivity contribution in [3.63, 3.8) is 0 Å². The number of allylic oxidation sites excluding steroid dienone is 1. The van der Waals surface area contributed by atoms with Crippen molar-refractivity contribution in [2.45, 2.75) is 51.0 Å². The number of carbonyl (C=O) groups excluding carboxylic acids is 1. The molecule has 0 amide bonds. The molecule has 0 aromatic carbocycles. The third-order valence-corrected chi connectivity index (χ3v) is 3.02. The molecule has 0 aliphatic heterocycles. The first kappa shape index (κ1) is 15.2. The first-order valence-corrected chi connectivity index (χ1v) is 5.99. The third kappa shape index (κ3) is 5.31. The highest BCUT2D eigenvalue weighted by molar-refractivity contribution is 5.80. The van der Waals surface area contributed by atoms with E-state index < -0.39 is 5.54 Å². The van der Waals surface area contributed by atoms with Crippen LogP contribution < -0.4 is 5.32 Å². The summed E-state index contributed by atoms with van der Waals surface area (Å²) < 4.78 is 4.79. The number of carbonyl (C=O) groups is 1. The highest BCUT2D eigenvalue weighted by Gasteiger charge is 2.31. The molecule has 94 valence electrons. The lowest BCUT2D eigenvalue weighted by molar-refractivity contribution is -0.148. The van der Waals surface area contributed by atoms with Gasteiger partial charge in [-0.1, -0.05) is 25.3 Å². The molecule has 1 N–H and O–H groups in total. The smallest absolute Gasteiger partial charge is 0.325 e. The van der Waals surface area contributed by atoms with Crippen LogP contribution >= 0.6 is 0 Å². The molecular formula is C13H25NO2. The van der Waals surface area contributed by atoms with E-state index in [0.29, 0.717) is 0 Å². The molecule has 0 aliphatic rings. The van der Waals surface area contributed by atoms with Crippen molar-refractivity contribution in [3.05, 3.63) is 12.7 Å². The van der Waals surface area contributed by atoms with E-state index in [1.54, 1.807) is 7.05 Å². The van der Waals surface area contributed by atoms with E-state index >= 15 is 0 Å². The van der Waals surface area contributed by atoms with Crippen molar-refractivity contribution in [1.82, 2.24) is 5.32 Å². The highest BCUT2D eigenvalue weighted by atomic mass is 16.5. The van der Waals surface area contributed by atoms with Gasteiger partial charge in [0.2, 0.25) is 0 Å². The number of unbranched alkanes of at least 4 members (excludes halogenated alkanes) is 4. The van der Waals surface area contributed by atoms with Crippen molar-refractivity contribution in [3.8, 4) is 0 Å². The SMILES string of the molecule is C=CCCCCCC[C@@](C)(NC)C(=O)OC. The standard InChI is InChI=1S/C13H25NO2/c1-5-6-7-8-9-10-11-13(2,14-3)12(15)16-4/h5,14H,1,6-11H2,2-4H3/t13-/m1/s1. The Labute approximate surface area is 99.3 Å². The monoisotopic (exact) mass is 227 g/mol. The summed E-state index contributed by atoms with van der Waals surface area (Å²) in [7, 11) is 3.23. The fraction of sp³-hybridized carbons (Fsp3) is 0.769. The molecule has 0 unspecified atom stereocenters. The zero-order valence-electron chi connectivity index (χ0n) is 10.8. The van der Waals surface area contributed by atoms with Crippen LogP contribution in [-0.4, -0.2) is 25.7 Å². The maximum atomic E-state index is 11.5. The second kappa shape index (κ2) is 8.34. The number of hydrogen-bond donors (Lipinski definition) is 1. The summed E-state index contributed by atoms with van der Waals surface area (Å²) in [6.07, 6.45) is 8.45. The van der Waals surface area contributed by atoms with Crippen LogP contribution in [0.3, 0.4) is 0 Å². The van der Waals surface area contributed by atoms with E-state index in [1.165, 1.54) is 20.0 Å². The molecule has 16 heavy (non-hydrogen) atoms. The maximum absolute atomic E-state index is 11.5.